The van der Waals surface area contributed by atoms with Crippen LogP contribution in [0.5, 0.6) is 11.5 Å². The molecule has 0 saturated heterocycles. The largest absolute Gasteiger partial charge is 0.497 e. The van der Waals surface area contributed by atoms with Crippen molar-refractivity contribution in [1.29, 1.82) is 0 Å². The van der Waals surface area contributed by atoms with E-state index in [0.29, 0.717) is 28.4 Å². The molecule has 2 aromatic carbocycles. The van der Waals surface area contributed by atoms with E-state index in [1.807, 2.05) is 13.0 Å². The molecule has 0 bridgehead atoms. The summed E-state index contributed by atoms with van der Waals surface area (Å²) in [5.41, 5.74) is 8.33. The minimum absolute atomic E-state index is 0.242. The highest BCUT2D eigenvalue weighted by molar-refractivity contribution is 6.05. The third kappa shape index (κ3) is 3.45. The highest BCUT2D eigenvalue weighted by atomic mass is 16.5. The van der Waals surface area contributed by atoms with Gasteiger partial charge in [-0.3, -0.25) is 4.79 Å². The zero-order chi connectivity index (χ0) is 15.4. The van der Waals surface area contributed by atoms with Gasteiger partial charge in [-0.2, -0.15) is 0 Å². The average molecular weight is 286 g/mol. The van der Waals surface area contributed by atoms with Crippen molar-refractivity contribution in [1.82, 2.24) is 0 Å². The van der Waals surface area contributed by atoms with Crippen molar-refractivity contribution in [2.75, 3.05) is 25.3 Å². The number of nitrogens with two attached hydrogens (primary N) is 1. The van der Waals surface area contributed by atoms with Crippen LogP contribution in [-0.4, -0.2) is 20.1 Å². The first-order valence-electron chi connectivity index (χ1n) is 6.44. The van der Waals surface area contributed by atoms with E-state index in [-0.39, 0.29) is 5.91 Å². The second-order valence-electron chi connectivity index (χ2n) is 4.65. The fraction of sp³-hybridized carbons (Fsp3) is 0.188. The summed E-state index contributed by atoms with van der Waals surface area (Å²) in [7, 11) is 3.11. The Morgan fingerprint density at radius 1 is 1.10 bits per heavy atom. The molecular weight excluding hydrogens is 268 g/mol. The number of ether oxygens (including phenoxy) is 2. The van der Waals surface area contributed by atoms with Crippen molar-refractivity contribution in [2.45, 2.75) is 6.92 Å². The van der Waals surface area contributed by atoms with E-state index in [9.17, 15) is 4.79 Å². The number of hydrogen-bond donors (Lipinski definition) is 2. The standard InChI is InChI=1S/C16H18N2O3/c1-10-6-11(8-12(17)7-10)16(19)18-14-5-4-13(20-2)9-15(14)21-3/h4-9H,17H2,1-3H3,(H,18,19). The van der Waals surface area contributed by atoms with Crippen molar-refractivity contribution in [3.05, 3.63) is 47.5 Å². The van der Waals surface area contributed by atoms with Crippen LogP contribution in [0.2, 0.25) is 0 Å². The summed E-state index contributed by atoms with van der Waals surface area (Å²) in [5.74, 6) is 0.946. The monoisotopic (exact) mass is 286 g/mol. The number of carbonyl (C=O) groups is 1. The number of benzene rings is 2. The van der Waals surface area contributed by atoms with Gasteiger partial charge in [0.15, 0.2) is 0 Å². The molecule has 3 N–H and O–H groups in total. The Morgan fingerprint density at radius 2 is 1.86 bits per heavy atom. The summed E-state index contributed by atoms with van der Waals surface area (Å²) in [6.45, 7) is 1.89. The van der Waals surface area contributed by atoms with Gasteiger partial charge in [0.25, 0.3) is 5.91 Å². The Hall–Kier alpha value is -2.69. The van der Waals surface area contributed by atoms with Gasteiger partial charge >= 0.3 is 0 Å². The fourth-order valence-electron chi connectivity index (χ4n) is 2.04. The number of aryl methyl sites for hydroxylation is 1. The molecule has 1 amide bonds. The Bertz CT molecular complexity index is 648. The maximum atomic E-state index is 12.3. The van der Waals surface area contributed by atoms with Gasteiger partial charge in [0.1, 0.15) is 11.5 Å². The van der Waals surface area contributed by atoms with Gasteiger partial charge in [-0.25, -0.2) is 0 Å². The number of methoxy groups -OCH3 is 2. The molecule has 0 saturated carbocycles. The van der Waals surface area contributed by atoms with Gasteiger partial charge in [0, 0.05) is 17.3 Å². The van der Waals surface area contributed by atoms with Crippen molar-refractivity contribution < 1.29 is 14.3 Å². The predicted octanol–water partition coefficient (Wildman–Crippen LogP) is 2.85. The fourth-order valence-corrected chi connectivity index (χ4v) is 2.04. The Morgan fingerprint density at radius 3 is 2.48 bits per heavy atom. The lowest BCUT2D eigenvalue weighted by Crippen LogP contribution is -2.13. The van der Waals surface area contributed by atoms with Crippen LogP contribution in [-0.2, 0) is 0 Å². The lowest BCUT2D eigenvalue weighted by Gasteiger charge is -2.12. The maximum absolute atomic E-state index is 12.3. The van der Waals surface area contributed by atoms with Gasteiger partial charge < -0.3 is 20.5 Å². The van der Waals surface area contributed by atoms with Gasteiger partial charge in [-0.1, -0.05) is 0 Å². The summed E-state index contributed by atoms with van der Waals surface area (Å²) in [6.07, 6.45) is 0. The van der Waals surface area contributed by atoms with Crippen LogP contribution in [0.3, 0.4) is 0 Å². The van der Waals surface area contributed by atoms with Crippen LogP contribution in [0.4, 0.5) is 11.4 Å². The first-order chi connectivity index (χ1) is 10.0. The number of nitrogens with one attached hydrogen (secondary N) is 1. The van der Waals surface area contributed by atoms with E-state index >= 15 is 0 Å². The lowest BCUT2D eigenvalue weighted by atomic mass is 10.1. The smallest absolute Gasteiger partial charge is 0.255 e. The average Bonchev–Trinajstić information content (AvgIpc) is 2.46. The predicted molar refractivity (Wildman–Crippen MR) is 83.1 cm³/mol. The van der Waals surface area contributed by atoms with E-state index in [1.165, 1.54) is 7.11 Å². The molecule has 0 spiro atoms. The molecule has 5 heteroatoms. The first-order valence-corrected chi connectivity index (χ1v) is 6.44. The molecule has 0 unspecified atom stereocenters. The molecule has 2 rings (SSSR count). The Labute approximate surface area is 123 Å². The summed E-state index contributed by atoms with van der Waals surface area (Å²) in [6, 6.07) is 10.4. The van der Waals surface area contributed by atoms with Gasteiger partial charge in [-0.05, 0) is 42.8 Å². The maximum Gasteiger partial charge on any atom is 0.255 e. The van der Waals surface area contributed by atoms with Crippen LogP contribution in [0.1, 0.15) is 15.9 Å². The molecule has 0 aliphatic heterocycles. The second-order valence-corrected chi connectivity index (χ2v) is 4.65. The van der Waals surface area contributed by atoms with Crippen LogP contribution < -0.4 is 20.5 Å². The minimum atomic E-state index is -0.242. The summed E-state index contributed by atoms with van der Waals surface area (Å²) < 4.78 is 10.4. The topological polar surface area (TPSA) is 73.6 Å². The molecule has 0 aliphatic carbocycles. The summed E-state index contributed by atoms with van der Waals surface area (Å²) >= 11 is 0. The van der Waals surface area contributed by atoms with E-state index in [2.05, 4.69) is 5.32 Å². The molecule has 110 valence electrons. The van der Waals surface area contributed by atoms with Gasteiger partial charge in [-0.15, -0.1) is 0 Å². The van der Waals surface area contributed by atoms with E-state index in [0.717, 1.165) is 5.56 Å². The normalized spacial score (nSPS) is 10.0. The Balaban J connectivity index is 2.26. The van der Waals surface area contributed by atoms with Gasteiger partial charge in [0.2, 0.25) is 0 Å². The molecule has 0 atom stereocenters. The van der Waals surface area contributed by atoms with Crippen LogP contribution in [0.25, 0.3) is 0 Å². The number of rotatable bonds is 4. The summed E-state index contributed by atoms with van der Waals surface area (Å²) in [4.78, 5) is 12.3. The quantitative estimate of drug-likeness (QED) is 0.848. The SMILES string of the molecule is COc1ccc(NC(=O)c2cc(C)cc(N)c2)c(OC)c1. The number of amides is 1. The molecule has 0 fully saturated rings. The van der Waals surface area contributed by atoms with Crippen molar-refractivity contribution in [3.8, 4) is 11.5 Å². The highest BCUT2D eigenvalue weighted by Gasteiger charge is 2.11. The van der Waals surface area contributed by atoms with E-state index in [4.69, 9.17) is 15.2 Å². The molecule has 0 radical (unpaired) electrons. The van der Waals surface area contributed by atoms with Crippen molar-refractivity contribution in [2.24, 2.45) is 0 Å². The molecule has 21 heavy (non-hydrogen) atoms. The number of anilines is 2. The molecule has 2 aromatic rings. The molecule has 0 heterocycles. The van der Waals surface area contributed by atoms with Gasteiger partial charge in [0.05, 0.1) is 19.9 Å². The number of nitrogen functional groups attached to an aromatic ring is 1. The van der Waals surface area contributed by atoms with E-state index < -0.39 is 0 Å². The summed E-state index contributed by atoms with van der Waals surface area (Å²) in [5, 5.41) is 2.81. The zero-order valence-electron chi connectivity index (χ0n) is 12.3. The van der Waals surface area contributed by atoms with Crippen LogP contribution >= 0.6 is 0 Å². The van der Waals surface area contributed by atoms with E-state index in [1.54, 1.807) is 37.4 Å². The highest BCUT2D eigenvalue weighted by Crippen LogP contribution is 2.29. The lowest BCUT2D eigenvalue weighted by molar-refractivity contribution is 0.102. The van der Waals surface area contributed by atoms with Crippen molar-refractivity contribution in [3.63, 3.8) is 0 Å². The zero-order valence-corrected chi connectivity index (χ0v) is 12.3. The number of carbonyl (C=O) groups excluding carboxylic acids is 1. The third-order valence-electron chi connectivity index (χ3n) is 3.02. The Kier molecular flexibility index (Phi) is 4.33. The molecule has 0 aromatic heterocycles. The molecular formula is C16H18N2O3. The van der Waals surface area contributed by atoms with Crippen LogP contribution in [0, 0.1) is 6.92 Å². The molecule has 5 nitrogen and oxygen atoms in total. The first kappa shape index (κ1) is 14.7. The van der Waals surface area contributed by atoms with Crippen LogP contribution in [0.15, 0.2) is 36.4 Å². The third-order valence-corrected chi connectivity index (χ3v) is 3.02. The minimum Gasteiger partial charge on any atom is -0.497 e. The number of hydrogen-bond acceptors (Lipinski definition) is 4. The molecule has 0 aliphatic rings. The van der Waals surface area contributed by atoms with Crippen molar-refractivity contribution >= 4 is 17.3 Å². The second kappa shape index (κ2) is 6.17.